The van der Waals surface area contributed by atoms with Crippen LogP contribution in [0.4, 0.5) is 0 Å². The molecule has 0 spiro atoms. The molecule has 0 bridgehead atoms. The summed E-state index contributed by atoms with van der Waals surface area (Å²) in [6.07, 6.45) is 0.663. The minimum Gasteiger partial charge on any atom is -0.496 e. The number of hydrogen-bond donors (Lipinski definition) is 1. The quantitative estimate of drug-likeness (QED) is 0.669. The van der Waals surface area contributed by atoms with Gasteiger partial charge in [-0.05, 0) is 43.2 Å². The molecule has 0 atom stereocenters. The molecule has 0 saturated carbocycles. The van der Waals surface area contributed by atoms with Gasteiger partial charge in [0, 0.05) is 5.56 Å². The normalized spacial score (nSPS) is 11.5. The average molecular weight is 387 g/mol. The molecule has 0 aliphatic heterocycles. The highest BCUT2D eigenvalue weighted by atomic mass is 32.2. The van der Waals surface area contributed by atoms with Crippen LogP contribution in [-0.4, -0.2) is 25.7 Å². The fourth-order valence-corrected chi connectivity index (χ4v) is 3.69. The Bertz CT molecular complexity index is 1040. The first-order chi connectivity index (χ1) is 12.9. The number of nitrogens with one attached hydrogen (secondary N) is 1. The lowest BCUT2D eigenvalue weighted by Gasteiger charge is -2.10. The zero-order chi connectivity index (χ0) is 19.4. The van der Waals surface area contributed by atoms with E-state index in [9.17, 15) is 8.42 Å². The first kappa shape index (κ1) is 19.1. The lowest BCUT2D eigenvalue weighted by atomic mass is 10.1. The number of aryl methyl sites for hydroxylation is 2. The maximum absolute atomic E-state index is 12.6. The maximum Gasteiger partial charge on any atom is 0.242 e. The van der Waals surface area contributed by atoms with Crippen molar-refractivity contribution in [1.29, 1.82) is 0 Å². The molecule has 1 heterocycles. The zero-order valence-corrected chi connectivity index (χ0v) is 16.2. The summed E-state index contributed by atoms with van der Waals surface area (Å²) in [5.41, 5.74) is 2.71. The van der Waals surface area contributed by atoms with E-state index >= 15 is 0 Å². The van der Waals surface area contributed by atoms with Crippen LogP contribution in [0.15, 0.2) is 51.9 Å². The summed E-state index contributed by atoms with van der Waals surface area (Å²) in [5.74, 6) is 1.28. The molecule has 2 aromatic carbocycles. The molecule has 0 radical (unpaired) electrons. The summed E-state index contributed by atoms with van der Waals surface area (Å²) in [5, 5.41) is 3.91. The van der Waals surface area contributed by atoms with Crippen LogP contribution in [0.2, 0.25) is 0 Å². The standard InChI is InChI=1S/C19H21N3O4S/c1-4-14-11-16(8-9-17(14)25-3)27(23,24)20-12-18-21-19(22-26-18)15-7-5-6-13(2)10-15/h5-11,20H,4,12H2,1-3H3. The first-order valence-electron chi connectivity index (χ1n) is 8.49. The van der Waals surface area contributed by atoms with Crippen molar-refractivity contribution in [2.75, 3.05) is 7.11 Å². The van der Waals surface area contributed by atoms with Crippen molar-refractivity contribution in [2.24, 2.45) is 0 Å². The Hall–Kier alpha value is -2.71. The number of sulfonamides is 1. The van der Waals surface area contributed by atoms with Gasteiger partial charge < -0.3 is 9.26 Å². The third-order valence-corrected chi connectivity index (χ3v) is 5.50. The molecular formula is C19H21N3O4S. The van der Waals surface area contributed by atoms with Gasteiger partial charge in [-0.3, -0.25) is 0 Å². The second kappa shape index (κ2) is 7.89. The van der Waals surface area contributed by atoms with Crippen LogP contribution in [0.25, 0.3) is 11.4 Å². The van der Waals surface area contributed by atoms with Crippen molar-refractivity contribution in [1.82, 2.24) is 14.9 Å². The van der Waals surface area contributed by atoms with Crippen LogP contribution in [0.5, 0.6) is 5.75 Å². The molecule has 0 saturated heterocycles. The van der Waals surface area contributed by atoms with E-state index in [1.165, 1.54) is 6.07 Å². The molecule has 0 fully saturated rings. The molecule has 8 heteroatoms. The monoisotopic (exact) mass is 387 g/mol. The molecule has 3 rings (SSSR count). The van der Waals surface area contributed by atoms with Gasteiger partial charge in [-0.2, -0.15) is 4.98 Å². The van der Waals surface area contributed by atoms with Crippen LogP contribution >= 0.6 is 0 Å². The molecule has 0 unspecified atom stereocenters. The number of ether oxygens (including phenoxy) is 1. The van der Waals surface area contributed by atoms with Gasteiger partial charge in [-0.15, -0.1) is 0 Å². The van der Waals surface area contributed by atoms with Gasteiger partial charge in [0.05, 0.1) is 18.6 Å². The van der Waals surface area contributed by atoms with E-state index in [-0.39, 0.29) is 17.3 Å². The van der Waals surface area contributed by atoms with Crippen molar-refractivity contribution in [3.8, 4) is 17.1 Å². The molecular weight excluding hydrogens is 366 g/mol. The van der Waals surface area contributed by atoms with Gasteiger partial charge in [0.25, 0.3) is 0 Å². The van der Waals surface area contributed by atoms with E-state index in [2.05, 4.69) is 14.9 Å². The topological polar surface area (TPSA) is 94.3 Å². The Morgan fingerprint density at radius 2 is 2.00 bits per heavy atom. The number of nitrogens with zero attached hydrogens (tertiary/aromatic N) is 2. The van der Waals surface area contributed by atoms with Gasteiger partial charge in [0.15, 0.2) is 0 Å². The molecule has 142 valence electrons. The fraction of sp³-hybridized carbons (Fsp3) is 0.263. The van der Waals surface area contributed by atoms with Gasteiger partial charge in [-0.1, -0.05) is 35.8 Å². The smallest absolute Gasteiger partial charge is 0.242 e. The lowest BCUT2D eigenvalue weighted by Crippen LogP contribution is -2.23. The lowest BCUT2D eigenvalue weighted by molar-refractivity contribution is 0.376. The van der Waals surface area contributed by atoms with Crippen LogP contribution in [-0.2, 0) is 23.0 Å². The van der Waals surface area contributed by atoms with Crippen LogP contribution in [0.3, 0.4) is 0 Å². The molecule has 3 aromatic rings. The summed E-state index contributed by atoms with van der Waals surface area (Å²) < 4.78 is 38.0. The SMILES string of the molecule is CCc1cc(S(=O)(=O)NCc2nc(-c3cccc(C)c3)no2)ccc1OC. The first-order valence-corrected chi connectivity index (χ1v) is 9.97. The summed E-state index contributed by atoms with van der Waals surface area (Å²) >= 11 is 0. The van der Waals surface area contributed by atoms with E-state index < -0.39 is 10.0 Å². The van der Waals surface area contributed by atoms with Crippen molar-refractivity contribution < 1.29 is 17.7 Å². The molecule has 0 aliphatic carbocycles. The Morgan fingerprint density at radius 1 is 1.19 bits per heavy atom. The highest BCUT2D eigenvalue weighted by Gasteiger charge is 2.18. The van der Waals surface area contributed by atoms with Gasteiger partial charge in [0.1, 0.15) is 5.75 Å². The average Bonchev–Trinajstić information content (AvgIpc) is 3.15. The fourth-order valence-electron chi connectivity index (χ4n) is 2.67. The minimum absolute atomic E-state index is 0.0887. The molecule has 0 amide bonds. The predicted octanol–water partition coefficient (Wildman–Crippen LogP) is 3.09. The van der Waals surface area contributed by atoms with Gasteiger partial charge in [-0.25, -0.2) is 13.1 Å². The minimum atomic E-state index is -3.71. The van der Waals surface area contributed by atoms with E-state index in [1.54, 1.807) is 19.2 Å². The van der Waals surface area contributed by atoms with E-state index in [1.807, 2.05) is 38.1 Å². The largest absolute Gasteiger partial charge is 0.496 e. The van der Waals surface area contributed by atoms with Crippen LogP contribution < -0.4 is 9.46 Å². The molecule has 27 heavy (non-hydrogen) atoms. The van der Waals surface area contributed by atoms with Crippen LogP contribution in [0, 0.1) is 6.92 Å². The Balaban J connectivity index is 1.74. The van der Waals surface area contributed by atoms with Crippen molar-refractivity contribution in [3.05, 3.63) is 59.5 Å². The summed E-state index contributed by atoms with van der Waals surface area (Å²) in [7, 11) is -2.15. The predicted molar refractivity (Wildman–Crippen MR) is 101 cm³/mol. The van der Waals surface area contributed by atoms with Crippen LogP contribution in [0.1, 0.15) is 23.9 Å². The molecule has 7 nitrogen and oxygen atoms in total. The molecule has 1 aromatic heterocycles. The van der Waals surface area contributed by atoms with Crippen molar-refractivity contribution in [3.63, 3.8) is 0 Å². The Kier molecular flexibility index (Phi) is 5.57. The number of aromatic nitrogens is 2. The maximum atomic E-state index is 12.6. The molecule has 0 aliphatic rings. The number of hydrogen-bond acceptors (Lipinski definition) is 6. The highest BCUT2D eigenvalue weighted by molar-refractivity contribution is 7.89. The van der Waals surface area contributed by atoms with Gasteiger partial charge >= 0.3 is 0 Å². The summed E-state index contributed by atoms with van der Waals surface area (Å²) in [6.45, 7) is 3.82. The Labute approximate surface area is 158 Å². The van der Waals surface area contributed by atoms with Crippen molar-refractivity contribution in [2.45, 2.75) is 31.7 Å². The second-order valence-electron chi connectivity index (χ2n) is 6.03. The van der Waals surface area contributed by atoms with E-state index in [0.29, 0.717) is 18.0 Å². The second-order valence-corrected chi connectivity index (χ2v) is 7.80. The van der Waals surface area contributed by atoms with Gasteiger partial charge in [0.2, 0.25) is 21.7 Å². The Morgan fingerprint density at radius 3 is 2.70 bits per heavy atom. The van der Waals surface area contributed by atoms with Crippen molar-refractivity contribution >= 4 is 10.0 Å². The third kappa shape index (κ3) is 4.35. The zero-order valence-electron chi connectivity index (χ0n) is 15.4. The summed E-state index contributed by atoms with van der Waals surface area (Å²) in [6, 6.07) is 12.4. The summed E-state index contributed by atoms with van der Waals surface area (Å²) in [4.78, 5) is 4.42. The molecule has 1 N–H and O–H groups in total. The van der Waals surface area contributed by atoms with E-state index in [4.69, 9.17) is 9.26 Å². The van der Waals surface area contributed by atoms with E-state index in [0.717, 1.165) is 16.7 Å². The number of rotatable bonds is 7. The number of benzene rings is 2. The highest BCUT2D eigenvalue weighted by Crippen LogP contribution is 2.23. The third-order valence-electron chi connectivity index (χ3n) is 4.10. The number of methoxy groups -OCH3 is 1.